The molecule has 190 valence electrons. The number of nitrogens with one attached hydrogen (secondary N) is 1. The molecule has 1 N–H and O–H groups in total. The summed E-state index contributed by atoms with van der Waals surface area (Å²) < 4.78 is 1.92. The summed E-state index contributed by atoms with van der Waals surface area (Å²) in [5.74, 6) is 0.832. The predicted octanol–water partition coefficient (Wildman–Crippen LogP) is 5.39. The van der Waals surface area contributed by atoms with E-state index in [2.05, 4.69) is 103 Å². The average molecular weight is 487 g/mol. The van der Waals surface area contributed by atoms with Gasteiger partial charge in [-0.25, -0.2) is 4.68 Å². The Morgan fingerprint density at radius 3 is 2.47 bits per heavy atom. The minimum absolute atomic E-state index is 0.0300. The highest BCUT2D eigenvalue weighted by atomic mass is 16.1. The van der Waals surface area contributed by atoms with E-state index in [4.69, 9.17) is 0 Å². The van der Waals surface area contributed by atoms with Gasteiger partial charge in [0.15, 0.2) is 5.82 Å². The molecule has 36 heavy (non-hydrogen) atoms. The Bertz CT molecular complexity index is 1410. The first kappa shape index (κ1) is 25.8. The van der Waals surface area contributed by atoms with Crippen molar-refractivity contribution in [3.8, 4) is 0 Å². The number of pyridine rings is 1. The van der Waals surface area contributed by atoms with Crippen molar-refractivity contribution >= 4 is 10.9 Å². The van der Waals surface area contributed by atoms with Crippen molar-refractivity contribution in [2.45, 2.75) is 79.4 Å². The van der Waals surface area contributed by atoms with Crippen LogP contribution in [0.1, 0.15) is 73.8 Å². The molecular weight excluding hydrogens is 448 g/mol. The van der Waals surface area contributed by atoms with Crippen LogP contribution in [-0.4, -0.2) is 36.6 Å². The highest BCUT2D eigenvalue weighted by molar-refractivity contribution is 5.82. The molecule has 7 nitrogen and oxygen atoms in total. The Morgan fingerprint density at radius 2 is 1.78 bits per heavy atom. The number of hydrogen-bond acceptors (Lipinski definition) is 5. The summed E-state index contributed by atoms with van der Waals surface area (Å²) in [5.41, 5.74) is 6.23. The molecule has 0 amide bonds. The third-order valence-electron chi connectivity index (χ3n) is 6.93. The van der Waals surface area contributed by atoms with E-state index in [1.165, 1.54) is 16.7 Å². The normalized spacial score (nSPS) is 13.0. The van der Waals surface area contributed by atoms with E-state index in [9.17, 15) is 4.79 Å². The van der Waals surface area contributed by atoms with Crippen LogP contribution in [0.4, 0.5) is 0 Å². The molecule has 0 radical (unpaired) electrons. The van der Waals surface area contributed by atoms with E-state index in [1.807, 2.05) is 17.7 Å². The largest absolute Gasteiger partial charge is 0.321 e. The zero-order valence-electron chi connectivity index (χ0n) is 22.6. The van der Waals surface area contributed by atoms with Crippen molar-refractivity contribution in [1.82, 2.24) is 30.1 Å². The summed E-state index contributed by atoms with van der Waals surface area (Å²) >= 11 is 0. The number of tetrazole rings is 1. The summed E-state index contributed by atoms with van der Waals surface area (Å²) in [6.45, 7) is 16.1. The van der Waals surface area contributed by atoms with Gasteiger partial charge in [-0.2, -0.15) is 0 Å². The minimum atomic E-state index is -0.247. The number of hydrogen-bond donors (Lipinski definition) is 1. The van der Waals surface area contributed by atoms with Gasteiger partial charge in [0.1, 0.15) is 0 Å². The molecule has 1 atom stereocenters. The fraction of sp³-hybridized carbons (Fsp3) is 0.448. The van der Waals surface area contributed by atoms with Crippen LogP contribution in [-0.2, 0) is 18.5 Å². The van der Waals surface area contributed by atoms with E-state index in [-0.39, 0.29) is 17.1 Å². The molecule has 2 aromatic heterocycles. The van der Waals surface area contributed by atoms with Crippen molar-refractivity contribution in [2.24, 2.45) is 0 Å². The van der Waals surface area contributed by atoms with Crippen molar-refractivity contribution in [1.29, 1.82) is 0 Å². The van der Waals surface area contributed by atoms with Crippen LogP contribution in [0.25, 0.3) is 10.9 Å². The number of fused-ring (bicyclic) bond motifs is 1. The first-order valence-electron chi connectivity index (χ1n) is 12.8. The molecule has 7 heteroatoms. The van der Waals surface area contributed by atoms with Crippen LogP contribution in [0, 0.1) is 20.8 Å². The van der Waals surface area contributed by atoms with Crippen LogP contribution < -0.4 is 5.56 Å². The topological polar surface area (TPSA) is 79.7 Å². The zero-order chi connectivity index (χ0) is 26.0. The van der Waals surface area contributed by atoms with E-state index in [0.29, 0.717) is 6.54 Å². The van der Waals surface area contributed by atoms with Gasteiger partial charge in [0, 0.05) is 18.7 Å². The third-order valence-corrected chi connectivity index (χ3v) is 6.93. The molecule has 0 bridgehead atoms. The van der Waals surface area contributed by atoms with Gasteiger partial charge < -0.3 is 4.98 Å². The average Bonchev–Trinajstić information content (AvgIpc) is 3.30. The number of aromatic nitrogens is 5. The first-order chi connectivity index (χ1) is 17.1. The van der Waals surface area contributed by atoms with Crippen molar-refractivity contribution in [3.63, 3.8) is 0 Å². The highest BCUT2D eigenvalue weighted by Crippen LogP contribution is 2.28. The number of H-pyrrole nitrogens is 1. The Balaban J connectivity index is 1.75. The number of benzene rings is 2. The Hall–Kier alpha value is -3.32. The van der Waals surface area contributed by atoms with Gasteiger partial charge in [0.2, 0.25) is 0 Å². The fourth-order valence-electron chi connectivity index (χ4n) is 5.05. The van der Waals surface area contributed by atoms with Crippen LogP contribution in [0.2, 0.25) is 0 Å². The Labute approximate surface area is 213 Å². The molecule has 0 saturated heterocycles. The standard InChI is InChI=1S/C29H38N6O/c1-8-25(27-31-32-33-35(27)29(5,6)7)34(14-13-22-12-10-9-11-20(22)3)18-24-17-23-16-19(2)15-21(4)26(23)30-28(24)36/h9-12,15-17,25H,8,13-14,18H2,1-7H3,(H,30,36)/t25-/m0/s1. The Kier molecular flexibility index (Phi) is 7.41. The van der Waals surface area contributed by atoms with Crippen molar-refractivity contribution in [2.75, 3.05) is 6.54 Å². The molecule has 2 aromatic carbocycles. The second kappa shape index (κ2) is 10.3. The molecule has 4 aromatic rings. The molecule has 0 aliphatic heterocycles. The molecule has 2 heterocycles. The molecular formula is C29H38N6O. The lowest BCUT2D eigenvalue weighted by Gasteiger charge is -2.32. The molecule has 0 aliphatic carbocycles. The Morgan fingerprint density at radius 1 is 1.03 bits per heavy atom. The molecule has 0 spiro atoms. The number of aryl methyl sites for hydroxylation is 3. The zero-order valence-corrected chi connectivity index (χ0v) is 22.6. The second-order valence-corrected chi connectivity index (χ2v) is 10.9. The predicted molar refractivity (Wildman–Crippen MR) is 145 cm³/mol. The van der Waals surface area contributed by atoms with E-state index in [0.717, 1.165) is 47.2 Å². The maximum Gasteiger partial charge on any atom is 0.252 e. The van der Waals surface area contributed by atoms with Crippen LogP contribution in [0.15, 0.2) is 47.3 Å². The third kappa shape index (κ3) is 5.41. The van der Waals surface area contributed by atoms with Crippen molar-refractivity contribution < 1.29 is 0 Å². The van der Waals surface area contributed by atoms with Crippen LogP contribution in [0.5, 0.6) is 0 Å². The van der Waals surface area contributed by atoms with Crippen LogP contribution >= 0.6 is 0 Å². The van der Waals surface area contributed by atoms with Gasteiger partial charge in [0.05, 0.1) is 17.1 Å². The van der Waals surface area contributed by atoms with E-state index < -0.39 is 0 Å². The van der Waals surface area contributed by atoms with Gasteiger partial charge in [-0.15, -0.1) is 5.10 Å². The SMILES string of the molecule is CC[C@@H](c1nnnn1C(C)(C)C)N(CCc1ccccc1C)Cc1cc2cc(C)cc(C)c2[nH]c1=O. The fourth-order valence-corrected chi connectivity index (χ4v) is 5.05. The smallest absolute Gasteiger partial charge is 0.252 e. The van der Waals surface area contributed by atoms with Gasteiger partial charge in [0.25, 0.3) is 5.56 Å². The second-order valence-electron chi connectivity index (χ2n) is 10.9. The van der Waals surface area contributed by atoms with Gasteiger partial charge >= 0.3 is 0 Å². The summed E-state index contributed by atoms with van der Waals surface area (Å²) in [6, 6.07) is 14.7. The maximum atomic E-state index is 13.2. The lowest BCUT2D eigenvalue weighted by atomic mass is 10.0. The number of aromatic amines is 1. The highest BCUT2D eigenvalue weighted by Gasteiger charge is 2.29. The maximum absolute atomic E-state index is 13.2. The lowest BCUT2D eigenvalue weighted by Crippen LogP contribution is -2.36. The van der Waals surface area contributed by atoms with E-state index in [1.54, 1.807) is 0 Å². The molecule has 4 rings (SSSR count). The molecule has 0 fully saturated rings. The van der Waals surface area contributed by atoms with E-state index >= 15 is 0 Å². The molecule has 0 saturated carbocycles. The minimum Gasteiger partial charge on any atom is -0.321 e. The quantitative estimate of drug-likeness (QED) is 0.361. The monoisotopic (exact) mass is 486 g/mol. The van der Waals surface area contributed by atoms with Crippen molar-refractivity contribution in [3.05, 3.63) is 86.5 Å². The molecule has 0 aliphatic rings. The van der Waals surface area contributed by atoms with Gasteiger partial charge in [-0.3, -0.25) is 9.69 Å². The molecule has 0 unspecified atom stereocenters. The summed E-state index contributed by atoms with van der Waals surface area (Å²) in [5, 5.41) is 13.9. The summed E-state index contributed by atoms with van der Waals surface area (Å²) in [4.78, 5) is 18.7. The van der Waals surface area contributed by atoms with Gasteiger partial charge in [-0.1, -0.05) is 42.8 Å². The number of rotatable bonds is 8. The van der Waals surface area contributed by atoms with Gasteiger partial charge in [-0.05, 0) is 99.0 Å². The lowest BCUT2D eigenvalue weighted by molar-refractivity contribution is 0.163. The number of nitrogens with zero attached hydrogens (tertiary/aromatic N) is 5. The first-order valence-corrected chi connectivity index (χ1v) is 12.8. The summed E-state index contributed by atoms with van der Waals surface area (Å²) in [7, 11) is 0. The summed E-state index contributed by atoms with van der Waals surface area (Å²) in [6.07, 6.45) is 1.71. The van der Waals surface area contributed by atoms with Crippen LogP contribution in [0.3, 0.4) is 0 Å².